The average Bonchev–Trinajstić information content (AvgIpc) is 2.67. The van der Waals surface area contributed by atoms with E-state index in [4.69, 9.17) is 0 Å². The van der Waals surface area contributed by atoms with Crippen LogP contribution in [-0.4, -0.2) is 56.4 Å². The monoisotopic (exact) mass is 369 g/mol. The Labute approximate surface area is 160 Å². The molecule has 2 rings (SSSR count). The third kappa shape index (κ3) is 6.07. The molecule has 0 aliphatic carbocycles. The van der Waals surface area contributed by atoms with E-state index in [9.17, 15) is 9.59 Å². The number of carbonyl (C=O) groups is 2. The van der Waals surface area contributed by atoms with Gasteiger partial charge < -0.3 is 20.4 Å². The molecule has 0 fully saturated rings. The Morgan fingerprint density at radius 1 is 1.00 bits per heavy atom. The highest BCUT2D eigenvalue weighted by atomic mass is 16.2. The van der Waals surface area contributed by atoms with Gasteiger partial charge in [-0.15, -0.1) is 0 Å². The number of anilines is 1. The van der Waals surface area contributed by atoms with Gasteiger partial charge in [0, 0.05) is 45.3 Å². The van der Waals surface area contributed by atoms with Crippen molar-refractivity contribution >= 4 is 17.5 Å². The summed E-state index contributed by atoms with van der Waals surface area (Å²) in [7, 11) is 7.86. The van der Waals surface area contributed by atoms with Crippen molar-refractivity contribution in [2.75, 3.05) is 39.6 Å². The molecule has 0 bridgehead atoms. The molecular formula is C20H27N5O2. The molecular weight excluding hydrogens is 342 g/mol. The van der Waals surface area contributed by atoms with E-state index in [1.165, 1.54) is 0 Å². The number of nitrogens with zero attached hydrogens (tertiary/aromatic N) is 3. The van der Waals surface area contributed by atoms with Crippen LogP contribution in [0, 0.1) is 0 Å². The van der Waals surface area contributed by atoms with Crippen LogP contribution >= 0.6 is 0 Å². The largest absolute Gasteiger partial charge is 0.378 e. The fourth-order valence-corrected chi connectivity index (χ4v) is 2.63. The maximum Gasteiger partial charge on any atom is 0.309 e. The Bertz CT molecular complexity index is 745. The quantitative estimate of drug-likeness (QED) is 0.717. The summed E-state index contributed by atoms with van der Waals surface area (Å²) in [5, 5.41) is 5.32. The van der Waals surface area contributed by atoms with Gasteiger partial charge in [-0.25, -0.2) is 0 Å². The van der Waals surface area contributed by atoms with Crippen molar-refractivity contribution in [2.45, 2.75) is 12.6 Å². The molecule has 1 atom stereocenters. The van der Waals surface area contributed by atoms with Crippen LogP contribution in [0.1, 0.15) is 17.2 Å². The van der Waals surface area contributed by atoms with Crippen LogP contribution in [0.3, 0.4) is 0 Å². The lowest BCUT2D eigenvalue weighted by Gasteiger charge is -2.25. The van der Waals surface area contributed by atoms with E-state index in [-0.39, 0.29) is 12.6 Å². The maximum absolute atomic E-state index is 12.1. The number of rotatable bonds is 7. The van der Waals surface area contributed by atoms with Crippen molar-refractivity contribution in [1.82, 2.24) is 20.5 Å². The summed E-state index contributed by atoms with van der Waals surface area (Å²) in [4.78, 5) is 32.1. The molecule has 2 N–H and O–H groups in total. The van der Waals surface area contributed by atoms with E-state index in [1.807, 2.05) is 68.3 Å². The Hall–Kier alpha value is -2.93. The van der Waals surface area contributed by atoms with Crippen molar-refractivity contribution in [3.63, 3.8) is 0 Å². The number of hydrogen-bond acceptors (Lipinski definition) is 5. The second-order valence-electron chi connectivity index (χ2n) is 6.72. The number of pyridine rings is 1. The highest BCUT2D eigenvalue weighted by molar-refractivity contribution is 6.35. The lowest BCUT2D eigenvalue weighted by atomic mass is 10.1. The SMILES string of the molecule is CN(C)c1ccc([C@@H](CNC(=O)C(=O)NCc2cccnc2)N(C)C)cc1. The zero-order chi connectivity index (χ0) is 19.8. The van der Waals surface area contributed by atoms with E-state index < -0.39 is 11.8 Å². The topological polar surface area (TPSA) is 77.6 Å². The third-order valence-electron chi connectivity index (χ3n) is 4.26. The minimum Gasteiger partial charge on any atom is -0.378 e. The van der Waals surface area contributed by atoms with Crippen LogP contribution < -0.4 is 15.5 Å². The number of likely N-dealkylation sites (N-methyl/N-ethyl adjacent to an activating group) is 1. The normalized spacial score (nSPS) is 11.7. The van der Waals surface area contributed by atoms with Gasteiger partial charge in [0.25, 0.3) is 0 Å². The van der Waals surface area contributed by atoms with Crippen LogP contribution in [0.5, 0.6) is 0 Å². The maximum atomic E-state index is 12.1. The number of nitrogens with one attached hydrogen (secondary N) is 2. The summed E-state index contributed by atoms with van der Waals surface area (Å²) >= 11 is 0. The van der Waals surface area contributed by atoms with Gasteiger partial charge in [0.05, 0.1) is 6.04 Å². The Morgan fingerprint density at radius 2 is 1.67 bits per heavy atom. The molecule has 0 aliphatic heterocycles. The molecule has 1 aromatic carbocycles. The van der Waals surface area contributed by atoms with E-state index >= 15 is 0 Å². The average molecular weight is 369 g/mol. The van der Waals surface area contributed by atoms with Crippen LogP contribution in [0.15, 0.2) is 48.8 Å². The van der Waals surface area contributed by atoms with Gasteiger partial charge in [-0.1, -0.05) is 18.2 Å². The van der Waals surface area contributed by atoms with Gasteiger partial charge in [0.15, 0.2) is 0 Å². The zero-order valence-electron chi connectivity index (χ0n) is 16.3. The first kappa shape index (κ1) is 20.4. The highest BCUT2D eigenvalue weighted by Gasteiger charge is 2.18. The molecule has 27 heavy (non-hydrogen) atoms. The van der Waals surface area contributed by atoms with Crippen molar-refractivity contribution < 1.29 is 9.59 Å². The summed E-state index contributed by atoms with van der Waals surface area (Å²) in [6, 6.07) is 11.7. The molecule has 7 heteroatoms. The molecule has 0 saturated heterocycles. The van der Waals surface area contributed by atoms with Crippen molar-refractivity contribution in [2.24, 2.45) is 0 Å². The van der Waals surface area contributed by atoms with Crippen LogP contribution in [0.4, 0.5) is 5.69 Å². The molecule has 0 saturated carbocycles. The first-order valence-corrected chi connectivity index (χ1v) is 8.77. The minimum atomic E-state index is -0.653. The van der Waals surface area contributed by atoms with Crippen LogP contribution in [0.2, 0.25) is 0 Å². The van der Waals surface area contributed by atoms with E-state index in [0.29, 0.717) is 6.54 Å². The molecule has 0 radical (unpaired) electrons. The van der Waals surface area contributed by atoms with Crippen LogP contribution in [0.25, 0.3) is 0 Å². The Balaban J connectivity index is 1.90. The number of carbonyl (C=O) groups excluding carboxylic acids is 2. The number of aromatic nitrogens is 1. The lowest BCUT2D eigenvalue weighted by molar-refractivity contribution is -0.139. The fraction of sp³-hybridized carbons (Fsp3) is 0.350. The number of hydrogen-bond donors (Lipinski definition) is 2. The standard InChI is InChI=1S/C20H27N5O2/c1-24(2)17-9-7-16(8-10-17)18(25(3)4)14-23-20(27)19(26)22-13-15-6-5-11-21-12-15/h5-12,18H,13-14H2,1-4H3,(H,22,26)(H,23,27)/t18-/m1/s1. The molecule has 0 aliphatic rings. The van der Waals surface area contributed by atoms with E-state index in [0.717, 1.165) is 16.8 Å². The first-order chi connectivity index (χ1) is 12.9. The second-order valence-corrected chi connectivity index (χ2v) is 6.72. The van der Waals surface area contributed by atoms with Crippen molar-refractivity contribution in [3.8, 4) is 0 Å². The second kappa shape index (κ2) is 9.68. The summed E-state index contributed by atoms with van der Waals surface area (Å²) in [5.74, 6) is -1.30. The summed E-state index contributed by atoms with van der Waals surface area (Å²) in [5.41, 5.74) is 3.02. The predicted octanol–water partition coefficient (Wildman–Crippen LogP) is 1.18. The number of benzene rings is 1. The minimum absolute atomic E-state index is 0.0312. The molecule has 0 unspecified atom stereocenters. The first-order valence-electron chi connectivity index (χ1n) is 8.77. The molecule has 0 spiro atoms. The smallest absolute Gasteiger partial charge is 0.309 e. The van der Waals surface area contributed by atoms with Gasteiger partial charge in [-0.05, 0) is 43.4 Å². The van der Waals surface area contributed by atoms with Gasteiger partial charge in [-0.2, -0.15) is 0 Å². The van der Waals surface area contributed by atoms with Gasteiger partial charge >= 0.3 is 11.8 Å². The third-order valence-corrected chi connectivity index (χ3v) is 4.26. The van der Waals surface area contributed by atoms with Crippen molar-refractivity contribution in [1.29, 1.82) is 0 Å². The van der Waals surface area contributed by atoms with Gasteiger partial charge in [0.2, 0.25) is 0 Å². The number of amides is 2. The van der Waals surface area contributed by atoms with Crippen molar-refractivity contribution in [3.05, 3.63) is 59.9 Å². The van der Waals surface area contributed by atoms with E-state index in [2.05, 4.69) is 15.6 Å². The Morgan fingerprint density at radius 3 is 2.22 bits per heavy atom. The van der Waals surface area contributed by atoms with Gasteiger partial charge in [0.1, 0.15) is 0 Å². The lowest BCUT2D eigenvalue weighted by Crippen LogP contribution is -2.42. The molecule has 1 aromatic heterocycles. The summed E-state index contributed by atoms with van der Waals surface area (Å²) in [6.07, 6.45) is 3.31. The molecule has 2 aromatic rings. The Kier molecular flexibility index (Phi) is 7.31. The molecule has 144 valence electrons. The van der Waals surface area contributed by atoms with Gasteiger partial charge in [-0.3, -0.25) is 14.6 Å². The van der Waals surface area contributed by atoms with Crippen LogP contribution in [-0.2, 0) is 16.1 Å². The molecule has 7 nitrogen and oxygen atoms in total. The van der Waals surface area contributed by atoms with E-state index in [1.54, 1.807) is 18.5 Å². The predicted molar refractivity (Wildman–Crippen MR) is 106 cm³/mol. The summed E-state index contributed by atoms with van der Waals surface area (Å²) < 4.78 is 0. The molecule has 1 heterocycles. The highest BCUT2D eigenvalue weighted by Crippen LogP contribution is 2.20. The fourth-order valence-electron chi connectivity index (χ4n) is 2.63. The zero-order valence-corrected chi connectivity index (χ0v) is 16.3. The molecule has 2 amide bonds. The summed E-state index contributed by atoms with van der Waals surface area (Å²) in [6.45, 7) is 0.608.